The molecule has 4 aromatic carbocycles. The molecule has 0 atom stereocenters. The van der Waals surface area contributed by atoms with Gasteiger partial charge in [-0.3, -0.25) is 0 Å². The van der Waals surface area contributed by atoms with Gasteiger partial charge in [0.1, 0.15) is 0 Å². The van der Waals surface area contributed by atoms with Gasteiger partial charge in [0, 0.05) is 0 Å². The fraction of sp³-hybridized carbons (Fsp3) is 0.286. The van der Waals surface area contributed by atoms with Crippen molar-refractivity contribution in [2.75, 3.05) is 0 Å². The minimum Gasteiger partial charge on any atom is -0.0654 e. The van der Waals surface area contributed by atoms with Crippen LogP contribution >= 0.6 is 0 Å². The maximum atomic E-state index is 2.49. The van der Waals surface area contributed by atoms with Gasteiger partial charge in [0.15, 0.2) is 0 Å². The molecule has 0 saturated carbocycles. The predicted octanol–water partition coefficient (Wildman–Crippen LogP) is 7.97. The lowest BCUT2D eigenvalue weighted by Crippen LogP contribution is -2.23. The first-order chi connectivity index (χ1) is 13.7. The summed E-state index contributed by atoms with van der Waals surface area (Å²) in [6, 6.07) is 31.2. The van der Waals surface area contributed by atoms with Gasteiger partial charge < -0.3 is 0 Å². The van der Waals surface area contributed by atoms with E-state index in [0.29, 0.717) is 0 Å². The van der Waals surface area contributed by atoms with Gasteiger partial charge in [-0.05, 0) is 57.3 Å². The van der Waals surface area contributed by atoms with Gasteiger partial charge in [-0.2, -0.15) is 0 Å². The fourth-order valence-corrected chi connectivity index (χ4v) is 4.66. The standard InChI is InChI=1S/C28H30/c1-3-4-19-28(2,20-24-15-9-13-22-11-5-7-17-26(22)24)21-25-16-10-14-23-12-6-8-18-27(23)25/h5-18H,3-4,19-21H2,1-2H3. The minimum absolute atomic E-state index is 0.254. The zero-order valence-electron chi connectivity index (χ0n) is 17.1. The second kappa shape index (κ2) is 8.19. The largest absolute Gasteiger partial charge is 0.0654 e. The normalized spacial score (nSPS) is 11.9. The third kappa shape index (κ3) is 3.97. The van der Waals surface area contributed by atoms with Crippen molar-refractivity contribution in [1.29, 1.82) is 0 Å². The summed E-state index contributed by atoms with van der Waals surface area (Å²) in [5.74, 6) is 0. The lowest BCUT2D eigenvalue weighted by atomic mass is 9.73. The molecule has 142 valence electrons. The van der Waals surface area contributed by atoms with Crippen LogP contribution in [-0.4, -0.2) is 0 Å². The van der Waals surface area contributed by atoms with Crippen LogP contribution in [0.3, 0.4) is 0 Å². The Kier molecular flexibility index (Phi) is 5.48. The van der Waals surface area contributed by atoms with E-state index < -0.39 is 0 Å². The van der Waals surface area contributed by atoms with E-state index >= 15 is 0 Å². The molecular weight excluding hydrogens is 336 g/mol. The molecule has 0 radical (unpaired) electrons. The highest BCUT2D eigenvalue weighted by molar-refractivity contribution is 5.86. The molecule has 0 aliphatic heterocycles. The van der Waals surface area contributed by atoms with Crippen molar-refractivity contribution in [1.82, 2.24) is 0 Å². The number of rotatable bonds is 7. The maximum absolute atomic E-state index is 2.49. The summed E-state index contributed by atoms with van der Waals surface area (Å²) in [5.41, 5.74) is 3.22. The van der Waals surface area contributed by atoms with Crippen LogP contribution in [-0.2, 0) is 12.8 Å². The SMILES string of the molecule is CCCCC(C)(Cc1cccc2ccccc12)Cc1cccc2ccccc12. The van der Waals surface area contributed by atoms with E-state index in [9.17, 15) is 0 Å². The Hall–Kier alpha value is -2.60. The molecule has 0 unspecified atom stereocenters. The zero-order chi connectivity index (χ0) is 19.4. The van der Waals surface area contributed by atoms with Crippen molar-refractivity contribution in [2.24, 2.45) is 5.41 Å². The Balaban J connectivity index is 1.71. The summed E-state index contributed by atoms with van der Waals surface area (Å²) in [4.78, 5) is 0. The Bertz CT molecular complexity index is 982. The van der Waals surface area contributed by atoms with Crippen molar-refractivity contribution in [2.45, 2.75) is 46.0 Å². The van der Waals surface area contributed by atoms with E-state index in [0.717, 1.165) is 12.8 Å². The van der Waals surface area contributed by atoms with Gasteiger partial charge in [-0.25, -0.2) is 0 Å². The van der Waals surface area contributed by atoms with Gasteiger partial charge in [-0.1, -0.05) is 112 Å². The summed E-state index contributed by atoms with van der Waals surface area (Å²) < 4.78 is 0. The zero-order valence-corrected chi connectivity index (χ0v) is 17.1. The van der Waals surface area contributed by atoms with E-state index in [1.807, 2.05) is 0 Å². The van der Waals surface area contributed by atoms with Crippen LogP contribution in [0.5, 0.6) is 0 Å². The molecule has 0 aliphatic carbocycles. The molecule has 0 spiro atoms. The molecule has 0 N–H and O–H groups in total. The average Bonchev–Trinajstić information content (AvgIpc) is 2.73. The smallest absolute Gasteiger partial charge is 0.0152 e. The van der Waals surface area contributed by atoms with E-state index in [1.54, 1.807) is 0 Å². The number of fused-ring (bicyclic) bond motifs is 2. The highest BCUT2D eigenvalue weighted by Crippen LogP contribution is 2.36. The predicted molar refractivity (Wildman–Crippen MR) is 123 cm³/mol. The lowest BCUT2D eigenvalue weighted by Gasteiger charge is -2.31. The number of hydrogen-bond acceptors (Lipinski definition) is 0. The average molecular weight is 367 g/mol. The van der Waals surface area contributed by atoms with Crippen LogP contribution in [0.25, 0.3) is 21.5 Å². The highest BCUT2D eigenvalue weighted by atomic mass is 14.3. The summed E-state index contributed by atoms with van der Waals surface area (Å²) >= 11 is 0. The summed E-state index contributed by atoms with van der Waals surface area (Å²) in [5, 5.41) is 5.52. The first-order valence-corrected chi connectivity index (χ1v) is 10.6. The summed E-state index contributed by atoms with van der Waals surface area (Å²) in [6.45, 7) is 4.79. The van der Waals surface area contributed by atoms with Crippen molar-refractivity contribution < 1.29 is 0 Å². The Labute approximate surface area is 169 Å². The molecule has 0 saturated heterocycles. The lowest BCUT2D eigenvalue weighted by molar-refractivity contribution is 0.284. The second-order valence-corrected chi connectivity index (χ2v) is 8.54. The van der Waals surface area contributed by atoms with Crippen molar-refractivity contribution in [3.8, 4) is 0 Å². The molecule has 28 heavy (non-hydrogen) atoms. The monoisotopic (exact) mass is 366 g/mol. The molecular formula is C28H30. The van der Waals surface area contributed by atoms with E-state index in [-0.39, 0.29) is 5.41 Å². The Morgan fingerprint density at radius 1 is 0.607 bits per heavy atom. The second-order valence-electron chi connectivity index (χ2n) is 8.54. The molecule has 0 nitrogen and oxygen atoms in total. The van der Waals surface area contributed by atoms with E-state index in [4.69, 9.17) is 0 Å². The maximum Gasteiger partial charge on any atom is -0.0152 e. The molecule has 0 heterocycles. The van der Waals surface area contributed by atoms with Crippen molar-refractivity contribution in [3.63, 3.8) is 0 Å². The first-order valence-electron chi connectivity index (χ1n) is 10.6. The number of unbranched alkanes of at least 4 members (excludes halogenated alkanes) is 1. The molecule has 0 aromatic heterocycles. The van der Waals surface area contributed by atoms with E-state index in [1.165, 1.54) is 51.9 Å². The minimum atomic E-state index is 0.254. The topological polar surface area (TPSA) is 0 Å². The molecule has 0 fully saturated rings. The Morgan fingerprint density at radius 2 is 1.07 bits per heavy atom. The molecule has 0 amide bonds. The van der Waals surface area contributed by atoms with Crippen LogP contribution in [0.2, 0.25) is 0 Å². The van der Waals surface area contributed by atoms with Crippen LogP contribution in [0, 0.1) is 5.41 Å². The van der Waals surface area contributed by atoms with E-state index in [2.05, 4.69) is 98.8 Å². The van der Waals surface area contributed by atoms with Crippen LogP contribution < -0.4 is 0 Å². The van der Waals surface area contributed by atoms with Gasteiger partial charge in [-0.15, -0.1) is 0 Å². The third-order valence-corrected chi connectivity index (χ3v) is 6.13. The van der Waals surface area contributed by atoms with Crippen LogP contribution in [0.4, 0.5) is 0 Å². The Morgan fingerprint density at radius 3 is 1.57 bits per heavy atom. The highest BCUT2D eigenvalue weighted by Gasteiger charge is 2.26. The van der Waals surface area contributed by atoms with Crippen molar-refractivity contribution in [3.05, 3.63) is 96.1 Å². The third-order valence-electron chi connectivity index (χ3n) is 6.13. The number of benzene rings is 4. The molecule has 0 heteroatoms. The molecule has 0 aliphatic rings. The molecule has 0 bridgehead atoms. The van der Waals surface area contributed by atoms with Gasteiger partial charge in [0.25, 0.3) is 0 Å². The van der Waals surface area contributed by atoms with Crippen molar-refractivity contribution >= 4 is 21.5 Å². The first kappa shape index (κ1) is 18.7. The fourth-order valence-electron chi connectivity index (χ4n) is 4.66. The molecule has 4 rings (SSSR count). The number of hydrogen-bond donors (Lipinski definition) is 0. The quantitative estimate of drug-likeness (QED) is 0.311. The van der Waals surface area contributed by atoms with Crippen LogP contribution in [0.1, 0.15) is 44.2 Å². The van der Waals surface area contributed by atoms with Crippen LogP contribution in [0.15, 0.2) is 84.9 Å². The summed E-state index contributed by atoms with van der Waals surface area (Å²) in [6.07, 6.45) is 6.04. The summed E-state index contributed by atoms with van der Waals surface area (Å²) in [7, 11) is 0. The molecule has 4 aromatic rings. The van der Waals surface area contributed by atoms with Gasteiger partial charge in [0.2, 0.25) is 0 Å². The van der Waals surface area contributed by atoms with Gasteiger partial charge in [0.05, 0.1) is 0 Å². The van der Waals surface area contributed by atoms with Gasteiger partial charge >= 0.3 is 0 Å².